The molecule has 0 aliphatic carbocycles. The van der Waals surface area contributed by atoms with E-state index in [1.165, 1.54) is 0 Å². The van der Waals surface area contributed by atoms with Gasteiger partial charge in [-0.3, -0.25) is 19.3 Å². The van der Waals surface area contributed by atoms with Gasteiger partial charge in [0.05, 0.1) is 19.1 Å². The Morgan fingerprint density at radius 1 is 1.20 bits per heavy atom. The predicted molar refractivity (Wildman–Crippen MR) is 155 cm³/mol. The molecule has 1 unspecified atom stereocenters. The van der Waals surface area contributed by atoms with Crippen LogP contribution in [0.4, 0.5) is 5.69 Å². The molecule has 0 bridgehead atoms. The van der Waals surface area contributed by atoms with Gasteiger partial charge in [-0.25, -0.2) is 4.57 Å². The van der Waals surface area contributed by atoms with Gasteiger partial charge in [-0.2, -0.15) is 0 Å². The highest BCUT2D eigenvalue weighted by atomic mass is 16.5. The first-order valence-corrected chi connectivity index (χ1v) is 15.1. The molecule has 9 nitrogen and oxygen atoms in total. The summed E-state index contributed by atoms with van der Waals surface area (Å²) in [6, 6.07) is 9.65. The normalized spacial score (nSPS) is 22.1. The number of aryl methyl sites for hydroxylation is 1. The second-order valence-electron chi connectivity index (χ2n) is 11.7. The van der Waals surface area contributed by atoms with Crippen molar-refractivity contribution < 1.29 is 28.8 Å². The molecule has 220 valence electrons. The average Bonchev–Trinajstić information content (AvgIpc) is 3.67. The number of fused-ring (bicyclic) bond motifs is 1. The van der Waals surface area contributed by atoms with Crippen LogP contribution in [-0.2, 0) is 27.9 Å². The van der Waals surface area contributed by atoms with Gasteiger partial charge in [0.1, 0.15) is 18.5 Å². The molecule has 1 aromatic heterocycles. The lowest BCUT2D eigenvalue weighted by Gasteiger charge is -2.30. The Morgan fingerprint density at radius 3 is 2.78 bits per heavy atom. The molecule has 3 aliphatic rings. The summed E-state index contributed by atoms with van der Waals surface area (Å²) in [7, 11) is 1.94. The SMILES string of the molecule is CCCCN(C(=O)CN1C[C@H](c2ccc3c(c2)CCO3)C(C(=O)O)[C@@H]1CCCN1CCCC1=O)c1ccc[n+](C)c1. The minimum atomic E-state index is -0.832. The third-order valence-corrected chi connectivity index (χ3v) is 8.88. The molecule has 3 atom stereocenters. The van der Waals surface area contributed by atoms with Crippen LogP contribution >= 0.6 is 0 Å². The number of aromatic nitrogens is 1. The number of carboxylic acid groups (broad SMARTS) is 1. The van der Waals surface area contributed by atoms with Gasteiger partial charge in [0.15, 0.2) is 12.4 Å². The highest BCUT2D eigenvalue weighted by Gasteiger charge is 2.47. The standard InChI is InChI=1S/C32H42N4O5/c1-3-4-17-36(25-8-5-14-33(2)20-25)30(38)22-35-21-26(23-11-12-28-24(19-23)13-18-41-28)31(32(39)40)27(35)9-6-15-34-16-7-10-29(34)37/h5,8,11-12,14,19-20,26-27,31H,3-4,6-7,9-10,13,15-18,21-22H2,1-2H3/p+1/t26-,27+,31?/m1/s1. The van der Waals surface area contributed by atoms with Crippen molar-refractivity contribution in [2.24, 2.45) is 13.0 Å². The largest absolute Gasteiger partial charge is 0.493 e. The molecule has 0 saturated carbocycles. The number of pyridine rings is 1. The van der Waals surface area contributed by atoms with Crippen molar-refractivity contribution in [1.29, 1.82) is 0 Å². The van der Waals surface area contributed by atoms with Crippen molar-refractivity contribution in [2.75, 3.05) is 44.2 Å². The summed E-state index contributed by atoms with van der Waals surface area (Å²) >= 11 is 0. The molecule has 3 aliphatic heterocycles. The molecule has 0 radical (unpaired) electrons. The maximum Gasteiger partial charge on any atom is 0.308 e. The number of carbonyl (C=O) groups excluding carboxylic acids is 2. The van der Waals surface area contributed by atoms with E-state index in [1.807, 2.05) is 58.1 Å². The average molecular weight is 564 g/mol. The summed E-state index contributed by atoms with van der Waals surface area (Å²) < 4.78 is 7.63. The molecule has 5 rings (SSSR count). The number of unbranched alkanes of at least 4 members (excludes halogenated alkanes) is 1. The van der Waals surface area contributed by atoms with Crippen molar-refractivity contribution >= 4 is 23.5 Å². The fourth-order valence-electron chi connectivity index (χ4n) is 6.76. The molecule has 2 fully saturated rings. The molecule has 4 heterocycles. The number of carboxylic acids is 1. The number of ether oxygens (including phenoxy) is 1. The Bertz CT molecular complexity index is 1270. The lowest BCUT2D eigenvalue weighted by Crippen LogP contribution is -2.45. The molecular weight excluding hydrogens is 520 g/mol. The van der Waals surface area contributed by atoms with Crippen molar-refractivity contribution in [3.8, 4) is 5.75 Å². The summed E-state index contributed by atoms with van der Waals surface area (Å²) in [6.07, 6.45) is 9.38. The molecule has 2 aromatic rings. The zero-order chi connectivity index (χ0) is 28.9. The van der Waals surface area contributed by atoms with Crippen LogP contribution in [0.2, 0.25) is 0 Å². The third-order valence-electron chi connectivity index (χ3n) is 8.88. The zero-order valence-electron chi connectivity index (χ0n) is 24.3. The first-order valence-electron chi connectivity index (χ1n) is 15.1. The number of carbonyl (C=O) groups is 3. The first kappa shape index (κ1) is 29.0. The summed E-state index contributed by atoms with van der Waals surface area (Å²) in [5.74, 6) is -0.670. The summed E-state index contributed by atoms with van der Waals surface area (Å²) in [4.78, 5) is 44.8. The van der Waals surface area contributed by atoms with Gasteiger partial charge in [-0.05, 0) is 48.9 Å². The number of hydrogen-bond donors (Lipinski definition) is 1. The van der Waals surface area contributed by atoms with Crippen LogP contribution < -0.4 is 14.2 Å². The Hall–Kier alpha value is -3.46. The molecule has 1 N–H and O–H groups in total. The molecule has 0 spiro atoms. The Kier molecular flexibility index (Phi) is 9.22. The summed E-state index contributed by atoms with van der Waals surface area (Å²) in [6.45, 7) is 5.44. The van der Waals surface area contributed by atoms with Crippen LogP contribution in [0.5, 0.6) is 5.75 Å². The highest BCUT2D eigenvalue weighted by molar-refractivity contribution is 5.94. The minimum absolute atomic E-state index is 0.0171. The number of likely N-dealkylation sites (tertiary alicyclic amines) is 2. The Balaban J connectivity index is 1.40. The molecule has 9 heteroatoms. The van der Waals surface area contributed by atoms with Gasteiger partial charge >= 0.3 is 5.97 Å². The van der Waals surface area contributed by atoms with Gasteiger partial charge in [0, 0.05) is 57.0 Å². The molecule has 41 heavy (non-hydrogen) atoms. The first-order chi connectivity index (χ1) is 19.9. The molecular formula is C32H43N4O5+. The number of anilines is 1. The van der Waals surface area contributed by atoms with Gasteiger partial charge < -0.3 is 19.6 Å². The van der Waals surface area contributed by atoms with E-state index in [0.717, 1.165) is 54.8 Å². The van der Waals surface area contributed by atoms with E-state index in [-0.39, 0.29) is 30.3 Å². The monoisotopic (exact) mass is 563 g/mol. The van der Waals surface area contributed by atoms with E-state index in [1.54, 1.807) is 0 Å². The van der Waals surface area contributed by atoms with Crippen LogP contribution in [-0.4, -0.2) is 78.1 Å². The fraction of sp³-hybridized carbons (Fsp3) is 0.562. The topological polar surface area (TPSA) is 94.3 Å². The zero-order valence-corrected chi connectivity index (χ0v) is 24.3. The van der Waals surface area contributed by atoms with E-state index in [4.69, 9.17) is 4.74 Å². The van der Waals surface area contributed by atoms with Gasteiger partial charge in [0.25, 0.3) is 0 Å². The quantitative estimate of drug-likeness (QED) is 0.399. The van der Waals surface area contributed by atoms with Crippen molar-refractivity contribution in [3.63, 3.8) is 0 Å². The maximum absolute atomic E-state index is 13.9. The van der Waals surface area contributed by atoms with E-state index in [0.29, 0.717) is 45.5 Å². The molecule has 2 amide bonds. The minimum Gasteiger partial charge on any atom is -0.493 e. The second-order valence-corrected chi connectivity index (χ2v) is 11.7. The number of aliphatic carboxylic acids is 1. The number of nitrogens with zero attached hydrogens (tertiary/aromatic N) is 4. The van der Waals surface area contributed by atoms with Crippen LogP contribution in [0, 0.1) is 5.92 Å². The smallest absolute Gasteiger partial charge is 0.308 e. The third kappa shape index (κ3) is 6.56. The second kappa shape index (κ2) is 13.0. The number of benzene rings is 1. The van der Waals surface area contributed by atoms with E-state index in [9.17, 15) is 19.5 Å². The maximum atomic E-state index is 13.9. The van der Waals surface area contributed by atoms with Crippen LogP contribution in [0.1, 0.15) is 62.5 Å². The van der Waals surface area contributed by atoms with Crippen molar-refractivity contribution in [1.82, 2.24) is 9.80 Å². The molecule has 1 aromatic carbocycles. The van der Waals surface area contributed by atoms with Crippen molar-refractivity contribution in [2.45, 2.75) is 63.8 Å². The van der Waals surface area contributed by atoms with Gasteiger partial charge in [-0.1, -0.05) is 25.5 Å². The van der Waals surface area contributed by atoms with E-state index >= 15 is 0 Å². The van der Waals surface area contributed by atoms with Crippen LogP contribution in [0.15, 0.2) is 42.7 Å². The summed E-state index contributed by atoms with van der Waals surface area (Å²) in [5, 5.41) is 10.5. The van der Waals surface area contributed by atoms with Crippen molar-refractivity contribution in [3.05, 3.63) is 53.9 Å². The van der Waals surface area contributed by atoms with E-state index in [2.05, 4.69) is 17.9 Å². The summed E-state index contributed by atoms with van der Waals surface area (Å²) in [5.41, 5.74) is 2.96. The number of hydrogen-bond acceptors (Lipinski definition) is 5. The van der Waals surface area contributed by atoms with Crippen LogP contribution in [0.3, 0.4) is 0 Å². The van der Waals surface area contributed by atoms with Gasteiger partial charge in [0.2, 0.25) is 11.8 Å². The van der Waals surface area contributed by atoms with E-state index < -0.39 is 11.9 Å². The predicted octanol–water partition coefficient (Wildman–Crippen LogP) is 3.15. The lowest BCUT2D eigenvalue weighted by molar-refractivity contribution is -0.670. The fourth-order valence-corrected chi connectivity index (χ4v) is 6.76. The Morgan fingerprint density at radius 2 is 2.05 bits per heavy atom. The highest BCUT2D eigenvalue weighted by Crippen LogP contribution is 2.41. The lowest BCUT2D eigenvalue weighted by atomic mass is 9.83. The molecule has 2 saturated heterocycles. The van der Waals surface area contributed by atoms with Crippen LogP contribution in [0.25, 0.3) is 0 Å². The Labute approximate surface area is 242 Å². The number of amides is 2. The number of rotatable bonds is 12. The van der Waals surface area contributed by atoms with Gasteiger partial charge in [-0.15, -0.1) is 0 Å².